The third-order valence-corrected chi connectivity index (χ3v) is 5.25. The fraction of sp³-hybridized carbons (Fsp3) is 0.474. The molecule has 0 radical (unpaired) electrons. The van der Waals surface area contributed by atoms with Crippen LogP contribution in [0.1, 0.15) is 29.2 Å². The first-order chi connectivity index (χ1) is 11.7. The number of hydrogen-bond acceptors (Lipinski definition) is 5. The average molecular weight is 324 g/mol. The minimum absolute atomic E-state index is 0.558. The summed E-state index contributed by atoms with van der Waals surface area (Å²) in [5.74, 6) is 2.62. The number of ether oxygens (including phenoxy) is 1. The van der Waals surface area contributed by atoms with Gasteiger partial charge in [0.05, 0.1) is 12.8 Å². The van der Waals surface area contributed by atoms with E-state index in [4.69, 9.17) is 4.74 Å². The molecule has 1 fully saturated rings. The Hall–Kier alpha value is -2.14. The number of rotatable bonds is 3. The van der Waals surface area contributed by atoms with E-state index in [9.17, 15) is 0 Å². The summed E-state index contributed by atoms with van der Waals surface area (Å²) in [5.41, 5.74) is 3.94. The van der Waals surface area contributed by atoms with E-state index in [2.05, 4.69) is 51.1 Å². The zero-order valence-corrected chi connectivity index (χ0v) is 14.4. The van der Waals surface area contributed by atoms with Crippen LogP contribution in [0.5, 0.6) is 5.75 Å². The highest BCUT2D eigenvalue weighted by atomic mass is 16.5. The van der Waals surface area contributed by atoms with Crippen molar-refractivity contribution in [3.63, 3.8) is 0 Å². The number of aromatic nitrogens is 2. The highest BCUT2D eigenvalue weighted by Crippen LogP contribution is 2.33. The maximum Gasteiger partial charge on any atom is 0.136 e. The zero-order chi connectivity index (χ0) is 16.5. The van der Waals surface area contributed by atoms with Gasteiger partial charge in [-0.3, -0.25) is 0 Å². The lowest BCUT2D eigenvalue weighted by Crippen LogP contribution is -2.31. The molecule has 3 heterocycles. The molecule has 24 heavy (non-hydrogen) atoms. The van der Waals surface area contributed by atoms with Gasteiger partial charge < -0.3 is 14.5 Å². The third kappa shape index (κ3) is 2.84. The summed E-state index contributed by atoms with van der Waals surface area (Å²) in [6, 6.07) is 8.49. The van der Waals surface area contributed by atoms with E-state index in [1.807, 2.05) is 0 Å². The Kier molecular flexibility index (Phi) is 4.10. The second kappa shape index (κ2) is 6.40. The van der Waals surface area contributed by atoms with Crippen LogP contribution in [0, 0.1) is 0 Å². The van der Waals surface area contributed by atoms with Crippen molar-refractivity contribution in [2.24, 2.45) is 0 Å². The van der Waals surface area contributed by atoms with Gasteiger partial charge in [0.25, 0.3) is 0 Å². The summed E-state index contributed by atoms with van der Waals surface area (Å²) >= 11 is 0. The molecule has 0 bridgehead atoms. The number of fused-ring (bicyclic) bond motifs is 1. The van der Waals surface area contributed by atoms with Crippen LogP contribution in [0.4, 0.5) is 5.82 Å². The summed E-state index contributed by atoms with van der Waals surface area (Å²) in [6.45, 7) is 4.12. The van der Waals surface area contributed by atoms with Gasteiger partial charge in [0, 0.05) is 44.1 Å². The topological polar surface area (TPSA) is 41.5 Å². The molecule has 2 aliphatic heterocycles. The Morgan fingerprint density at radius 1 is 1.12 bits per heavy atom. The molecule has 2 aliphatic rings. The summed E-state index contributed by atoms with van der Waals surface area (Å²) in [4.78, 5) is 13.9. The highest BCUT2D eigenvalue weighted by Gasteiger charge is 2.28. The summed E-state index contributed by atoms with van der Waals surface area (Å²) in [6.07, 6.45) is 3.93. The summed E-state index contributed by atoms with van der Waals surface area (Å²) in [7, 11) is 3.88. The van der Waals surface area contributed by atoms with Crippen LogP contribution in [0.2, 0.25) is 0 Å². The molecule has 0 spiro atoms. The van der Waals surface area contributed by atoms with Crippen LogP contribution in [-0.2, 0) is 13.0 Å². The molecule has 0 N–H and O–H groups in total. The van der Waals surface area contributed by atoms with E-state index in [0.717, 1.165) is 44.2 Å². The second-order valence-corrected chi connectivity index (χ2v) is 6.82. The van der Waals surface area contributed by atoms with Crippen molar-refractivity contribution in [1.82, 2.24) is 14.9 Å². The maximum absolute atomic E-state index is 5.26. The van der Waals surface area contributed by atoms with E-state index in [1.54, 1.807) is 13.4 Å². The Morgan fingerprint density at radius 3 is 2.75 bits per heavy atom. The van der Waals surface area contributed by atoms with Gasteiger partial charge in [-0.25, -0.2) is 9.97 Å². The highest BCUT2D eigenvalue weighted by molar-refractivity contribution is 5.51. The fourth-order valence-corrected chi connectivity index (χ4v) is 3.83. The Bertz CT molecular complexity index is 716. The number of benzene rings is 1. The van der Waals surface area contributed by atoms with E-state index in [-0.39, 0.29) is 0 Å². The standard InChI is InChI=1S/C19H24N4O/c1-22-9-8-18-17(12-22)19(21-13-20-18)23-10-7-15(11-23)14-3-5-16(24-2)6-4-14/h3-6,13,15H,7-12H2,1-2H3/t15-/m0/s1. The number of methoxy groups -OCH3 is 1. The van der Waals surface area contributed by atoms with E-state index in [1.165, 1.54) is 23.2 Å². The smallest absolute Gasteiger partial charge is 0.136 e. The first-order valence-electron chi connectivity index (χ1n) is 8.65. The quantitative estimate of drug-likeness (QED) is 0.867. The summed E-state index contributed by atoms with van der Waals surface area (Å²) in [5, 5.41) is 0. The predicted octanol–water partition coefficient (Wildman–Crippen LogP) is 2.47. The van der Waals surface area contributed by atoms with Crippen LogP contribution >= 0.6 is 0 Å². The van der Waals surface area contributed by atoms with Crippen LogP contribution in [0.15, 0.2) is 30.6 Å². The molecule has 2 aromatic rings. The molecule has 0 saturated carbocycles. The lowest BCUT2D eigenvalue weighted by Gasteiger charge is -2.28. The van der Waals surface area contributed by atoms with Crippen LogP contribution < -0.4 is 9.64 Å². The van der Waals surface area contributed by atoms with Gasteiger partial charge in [-0.1, -0.05) is 12.1 Å². The lowest BCUT2D eigenvalue weighted by molar-refractivity contribution is 0.309. The Balaban J connectivity index is 1.54. The van der Waals surface area contributed by atoms with Crippen LogP contribution in [0.3, 0.4) is 0 Å². The van der Waals surface area contributed by atoms with Crippen molar-refractivity contribution in [2.75, 3.05) is 38.7 Å². The van der Waals surface area contributed by atoms with Crippen molar-refractivity contribution < 1.29 is 4.74 Å². The van der Waals surface area contributed by atoms with Gasteiger partial charge in [-0.15, -0.1) is 0 Å². The number of likely N-dealkylation sites (N-methyl/N-ethyl adjacent to an activating group) is 1. The molecular weight excluding hydrogens is 300 g/mol. The SMILES string of the molecule is COc1ccc([C@H]2CCN(c3ncnc4c3CN(C)CC4)C2)cc1. The minimum Gasteiger partial charge on any atom is -0.497 e. The monoisotopic (exact) mass is 324 g/mol. The second-order valence-electron chi connectivity index (χ2n) is 6.82. The van der Waals surface area contributed by atoms with Crippen molar-refractivity contribution in [2.45, 2.75) is 25.3 Å². The number of hydrogen-bond donors (Lipinski definition) is 0. The first kappa shape index (κ1) is 15.4. The predicted molar refractivity (Wildman–Crippen MR) is 94.6 cm³/mol. The van der Waals surface area contributed by atoms with Gasteiger partial charge >= 0.3 is 0 Å². The van der Waals surface area contributed by atoms with Gasteiger partial charge in [-0.05, 0) is 31.2 Å². The van der Waals surface area contributed by atoms with Crippen molar-refractivity contribution >= 4 is 5.82 Å². The molecule has 1 aromatic carbocycles. The van der Waals surface area contributed by atoms with Crippen molar-refractivity contribution in [3.8, 4) is 5.75 Å². The molecule has 1 atom stereocenters. The fourth-order valence-electron chi connectivity index (χ4n) is 3.83. The molecule has 0 amide bonds. The van der Waals surface area contributed by atoms with E-state index >= 15 is 0 Å². The maximum atomic E-state index is 5.26. The first-order valence-corrected chi connectivity index (χ1v) is 8.65. The molecule has 4 rings (SSSR count). The molecule has 1 aromatic heterocycles. The van der Waals surface area contributed by atoms with Crippen LogP contribution in [-0.4, -0.2) is 48.7 Å². The molecule has 0 aliphatic carbocycles. The molecular formula is C19H24N4O. The van der Waals surface area contributed by atoms with Gasteiger partial charge in [0.1, 0.15) is 17.9 Å². The largest absolute Gasteiger partial charge is 0.497 e. The normalized spacial score (nSPS) is 20.9. The van der Waals surface area contributed by atoms with Crippen molar-refractivity contribution in [1.29, 1.82) is 0 Å². The molecule has 5 nitrogen and oxygen atoms in total. The van der Waals surface area contributed by atoms with Crippen molar-refractivity contribution in [3.05, 3.63) is 47.4 Å². The van der Waals surface area contributed by atoms with E-state index in [0.29, 0.717) is 5.92 Å². The third-order valence-electron chi connectivity index (χ3n) is 5.25. The van der Waals surface area contributed by atoms with Gasteiger partial charge in [0.15, 0.2) is 0 Å². The van der Waals surface area contributed by atoms with Gasteiger partial charge in [-0.2, -0.15) is 0 Å². The Labute approximate surface area is 143 Å². The number of nitrogens with zero attached hydrogens (tertiary/aromatic N) is 4. The minimum atomic E-state index is 0.558. The molecule has 0 unspecified atom stereocenters. The molecule has 1 saturated heterocycles. The van der Waals surface area contributed by atoms with Crippen LogP contribution in [0.25, 0.3) is 0 Å². The van der Waals surface area contributed by atoms with E-state index < -0.39 is 0 Å². The zero-order valence-electron chi connectivity index (χ0n) is 14.4. The average Bonchev–Trinajstić information content (AvgIpc) is 3.11. The summed E-state index contributed by atoms with van der Waals surface area (Å²) < 4.78 is 5.26. The Morgan fingerprint density at radius 2 is 1.96 bits per heavy atom. The van der Waals surface area contributed by atoms with Gasteiger partial charge in [0.2, 0.25) is 0 Å². The molecule has 126 valence electrons. The molecule has 5 heteroatoms. The number of anilines is 1. The lowest BCUT2D eigenvalue weighted by atomic mass is 9.98.